The largest absolute Gasteiger partial charge is 0.502 e. The fraction of sp³-hybridized carbons (Fsp3) is 0.231. The number of anilines is 1. The summed E-state index contributed by atoms with van der Waals surface area (Å²) in [7, 11) is -3.11. The molecule has 1 aliphatic heterocycles. The summed E-state index contributed by atoms with van der Waals surface area (Å²) in [6.07, 6.45) is 0.494. The van der Waals surface area contributed by atoms with Gasteiger partial charge in [0.1, 0.15) is 5.82 Å². The fourth-order valence-corrected chi connectivity index (χ4v) is 4.03. The molecule has 3 rings (SSSR count). The van der Waals surface area contributed by atoms with Crippen LogP contribution < -0.4 is 4.31 Å². The van der Waals surface area contributed by atoms with E-state index in [1.54, 1.807) is 0 Å². The minimum Gasteiger partial charge on any atom is -0.502 e. The minimum absolute atomic E-state index is 0.0980. The Bertz CT molecular complexity index is 735. The molecule has 2 heterocycles. The predicted molar refractivity (Wildman–Crippen MR) is 82.1 cm³/mol. The molecule has 0 aliphatic carbocycles. The van der Waals surface area contributed by atoms with Crippen molar-refractivity contribution in [1.82, 2.24) is 0 Å². The van der Waals surface area contributed by atoms with Crippen LogP contribution >= 0.6 is 22.4 Å². The molecule has 0 unspecified atom stereocenters. The van der Waals surface area contributed by atoms with E-state index in [0.717, 1.165) is 10.4 Å². The zero-order chi connectivity index (χ0) is 16.1. The molecule has 1 fully saturated rings. The van der Waals surface area contributed by atoms with E-state index >= 15 is 0 Å². The summed E-state index contributed by atoms with van der Waals surface area (Å²) in [6.45, 7) is 0.241. The van der Waals surface area contributed by atoms with Crippen LogP contribution in [0.2, 0.25) is 5.02 Å². The zero-order valence-electron chi connectivity index (χ0n) is 11.2. The topological polar surface area (TPSA) is 97.3 Å². The molecule has 2 aromatic rings. The lowest BCUT2D eigenvalue weighted by Crippen LogP contribution is -2.21. The third kappa shape index (κ3) is 2.38. The normalized spacial score (nSPS) is 18.6. The average Bonchev–Trinajstić information content (AvgIpc) is 2.92. The summed E-state index contributed by atoms with van der Waals surface area (Å²) in [5.74, 6) is -2.53. The van der Waals surface area contributed by atoms with Crippen molar-refractivity contribution in [1.29, 1.82) is 0 Å². The molecule has 0 saturated carbocycles. The standard InChI is InChI=1S/C13H13ClFNO5S/c14-7-2-3-8(9(15)6-7)12-10(17)11(18)13(21-12)16-4-1-5-22(16,19)20/h2-3,6,17-20H,1,4-5H2. The van der Waals surface area contributed by atoms with E-state index < -0.39 is 28.1 Å². The lowest BCUT2D eigenvalue weighted by molar-refractivity contribution is 0.408. The smallest absolute Gasteiger partial charge is 0.261 e. The monoisotopic (exact) mass is 349 g/mol. The molecular formula is C13H13ClFNO5S. The highest BCUT2D eigenvalue weighted by Crippen LogP contribution is 2.57. The Morgan fingerprint density at radius 2 is 1.95 bits per heavy atom. The number of hydrogen-bond acceptors (Lipinski definition) is 6. The SMILES string of the molecule is Oc1c(-c2ccc(Cl)cc2F)oc(N2CCCS2(O)O)c1O. The molecule has 0 amide bonds. The molecule has 22 heavy (non-hydrogen) atoms. The van der Waals surface area contributed by atoms with Crippen molar-refractivity contribution in [3.8, 4) is 22.8 Å². The van der Waals surface area contributed by atoms with E-state index in [9.17, 15) is 23.7 Å². The maximum Gasteiger partial charge on any atom is 0.261 e. The van der Waals surface area contributed by atoms with E-state index in [4.69, 9.17) is 16.0 Å². The summed E-state index contributed by atoms with van der Waals surface area (Å²) in [5.41, 5.74) is -0.0980. The molecule has 9 heteroatoms. The van der Waals surface area contributed by atoms with Gasteiger partial charge in [-0.1, -0.05) is 11.6 Å². The van der Waals surface area contributed by atoms with Crippen molar-refractivity contribution in [2.45, 2.75) is 6.42 Å². The second kappa shape index (κ2) is 5.24. The zero-order valence-corrected chi connectivity index (χ0v) is 12.7. The van der Waals surface area contributed by atoms with Crippen LogP contribution in [-0.2, 0) is 0 Å². The minimum atomic E-state index is -3.11. The molecule has 0 spiro atoms. The Hall–Kier alpha value is -1.61. The van der Waals surface area contributed by atoms with Crippen molar-refractivity contribution < 1.29 is 28.1 Å². The third-order valence-electron chi connectivity index (χ3n) is 3.38. The first-order valence-electron chi connectivity index (χ1n) is 6.35. The van der Waals surface area contributed by atoms with Gasteiger partial charge in [-0.2, -0.15) is 0 Å². The van der Waals surface area contributed by atoms with E-state index in [0.29, 0.717) is 6.42 Å². The van der Waals surface area contributed by atoms with Gasteiger partial charge in [0.15, 0.2) is 5.76 Å². The molecule has 1 saturated heterocycles. The van der Waals surface area contributed by atoms with Crippen LogP contribution in [0.5, 0.6) is 11.5 Å². The van der Waals surface area contributed by atoms with Crippen LogP contribution in [0.4, 0.5) is 10.3 Å². The van der Waals surface area contributed by atoms with Crippen LogP contribution in [0.25, 0.3) is 11.3 Å². The Morgan fingerprint density at radius 3 is 2.55 bits per heavy atom. The van der Waals surface area contributed by atoms with Gasteiger partial charge in [-0.3, -0.25) is 9.11 Å². The van der Waals surface area contributed by atoms with Crippen molar-refractivity contribution in [2.75, 3.05) is 16.6 Å². The van der Waals surface area contributed by atoms with Gasteiger partial charge in [0.05, 0.1) is 11.3 Å². The highest BCUT2D eigenvalue weighted by Gasteiger charge is 2.36. The van der Waals surface area contributed by atoms with Crippen LogP contribution in [-0.4, -0.2) is 31.6 Å². The number of furan rings is 1. The molecule has 6 nitrogen and oxygen atoms in total. The van der Waals surface area contributed by atoms with Gasteiger partial charge < -0.3 is 14.6 Å². The highest BCUT2D eigenvalue weighted by molar-refractivity contribution is 8.25. The fourth-order valence-electron chi connectivity index (χ4n) is 2.32. The number of rotatable bonds is 2. The molecule has 1 aromatic carbocycles. The van der Waals surface area contributed by atoms with Gasteiger partial charge >= 0.3 is 0 Å². The first kappa shape index (κ1) is 15.3. The number of benzene rings is 1. The van der Waals surface area contributed by atoms with Crippen LogP contribution in [0, 0.1) is 5.82 Å². The van der Waals surface area contributed by atoms with Crippen LogP contribution in [0.15, 0.2) is 22.6 Å². The molecule has 4 N–H and O–H groups in total. The van der Waals surface area contributed by atoms with E-state index in [1.807, 2.05) is 0 Å². The lowest BCUT2D eigenvalue weighted by Gasteiger charge is -2.35. The van der Waals surface area contributed by atoms with Gasteiger partial charge in [0.2, 0.25) is 11.5 Å². The van der Waals surface area contributed by atoms with Gasteiger partial charge in [-0.05, 0) is 24.6 Å². The average molecular weight is 350 g/mol. The summed E-state index contributed by atoms with van der Waals surface area (Å²) in [4.78, 5) is 0. The number of nitrogens with zero attached hydrogens (tertiary/aromatic N) is 1. The maximum absolute atomic E-state index is 13.9. The quantitative estimate of drug-likeness (QED) is 0.653. The van der Waals surface area contributed by atoms with Gasteiger partial charge in [-0.25, -0.2) is 8.70 Å². The molecule has 1 aliphatic rings. The number of halogens is 2. The maximum atomic E-state index is 13.9. The molecule has 1 aromatic heterocycles. The van der Waals surface area contributed by atoms with Gasteiger partial charge in [0, 0.05) is 11.6 Å². The predicted octanol–water partition coefficient (Wildman–Crippen LogP) is 4.03. The van der Waals surface area contributed by atoms with Crippen LogP contribution in [0.1, 0.15) is 6.42 Å². The molecule has 0 bridgehead atoms. The van der Waals surface area contributed by atoms with E-state index in [2.05, 4.69) is 0 Å². The number of hydrogen-bond donors (Lipinski definition) is 4. The van der Waals surface area contributed by atoms with Crippen molar-refractivity contribution in [3.63, 3.8) is 0 Å². The summed E-state index contributed by atoms with van der Waals surface area (Å²) < 4.78 is 40.2. The first-order valence-corrected chi connectivity index (χ1v) is 8.40. The molecule has 0 radical (unpaired) electrons. The molecule has 0 atom stereocenters. The van der Waals surface area contributed by atoms with Crippen molar-refractivity contribution in [2.24, 2.45) is 0 Å². The summed E-state index contributed by atoms with van der Waals surface area (Å²) >= 11 is 5.67. The van der Waals surface area contributed by atoms with Crippen molar-refractivity contribution >= 4 is 28.3 Å². The Morgan fingerprint density at radius 1 is 1.23 bits per heavy atom. The summed E-state index contributed by atoms with van der Waals surface area (Å²) in [6, 6.07) is 3.74. The first-order chi connectivity index (χ1) is 10.3. The van der Waals surface area contributed by atoms with Gasteiger partial charge in [-0.15, -0.1) is 10.8 Å². The highest BCUT2D eigenvalue weighted by atomic mass is 35.5. The van der Waals surface area contributed by atoms with E-state index in [1.165, 1.54) is 12.1 Å². The Balaban J connectivity index is 2.10. The molecule has 120 valence electrons. The van der Waals surface area contributed by atoms with Gasteiger partial charge in [0.25, 0.3) is 5.88 Å². The lowest BCUT2D eigenvalue weighted by atomic mass is 10.1. The number of aromatic hydroxyl groups is 2. The molecular weight excluding hydrogens is 337 g/mol. The third-order valence-corrected chi connectivity index (χ3v) is 5.50. The second-order valence-electron chi connectivity index (χ2n) is 4.85. The van der Waals surface area contributed by atoms with E-state index in [-0.39, 0.29) is 34.5 Å². The Kier molecular flexibility index (Phi) is 3.64. The van der Waals surface area contributed by atoms with Crippen molar-refractivity contribution in [3.05, 3.63) is 29.0 Å². The van der Waals surface area contributed by atoms with Crippen LogP contribution in [0.3, 0.4) is 0 Å². The Labute approximate surface area is 131 Å². The summed E-state index contributed by atoms with van der Waals surface area (Å²) in [5, 5.41) is 20.1. The second-order valence-corrected chi connectivity index (χ2v) is 7.40.